The van der Waals surface area contributed by atoms with Gasteiger partial charge in [-0.3, -0.25) is 0 Å². The molecular weight excluding hydrogens is 243 g/mol. The summed E-state index contributed by atoms with van der Waals surface area (Å²) in [6, 6.07) is 8.81. The van der Waals surface area contributed by atoms with Crippen LogP contribution in [0.25, 0.3) is 0 Å². The third-order valence-electron chi connectivity index (χ3n) is 3.43. The molecule has 0 aliphatic carbocycles. The lowest BCUT2D eigenvalue weighted by atomic mass is 10.1. The zero-order chi connectivity index (χ0) is 13.2. The van der Waals surface area contributed by atoms with Crippen molar-refractivity contribution >= 4 is 11.5 Å². The SMILES string of the molecule is NNc1ncccc1CN1CCc2ccc(F)cc21. The molecule has 2 aromatic rings. The fraction of sp³-hybridized carbons (Fsp3) is 0.214. The molecule has 19 heavy (non-hydrogen) atoms. The summed E-state index contributed by atoms with van der Waals surface area (Å²) in [6.45, 7) is 1.56. The summed E-state index contributed by atoms with van der Waals surface area (Å²) in [5.74, 6) is 5.91. The van der Waals surface area contributed by atoms with Crippen LogP contribution in [-0.2, 0) is 13.0 Å². The van der Waals surface area contributed by atoms with Crippen LogP contribution in [-0.4, -0.2) is 11.5 Å². The third-order valence-corrected chi connectivity index (χ3v) is 3.43. The van der Waals surface area contributed by atoms with E-state index in [2.05, 4.69) is 15.3 Å². The van der Waals surface area contributed by atoms with E-state index in [-0.39, 0.29) is 5.82 Å². The van der Waals surface area contributed by atoms with Crippen molar-refractivity contribution in [1.82, 2.24) is 4.98 Å². The van der Waals surface area contributed by atoms with E-state index in [1.807, 2.05) is 18.2 Å². The van der Waals surface area contributed by atoms with E-state index in [1.165, 1.54) is 11.6 Å². The van der Waals surface area contributed by atoms with E-state index < -0.39 is 0 Å². The van der Waals surface area contributed by atoms with Crippen LogP contribution >= 0.6 is 0 Å². The Morgan fingerprint density at radius 2 is 2.26 bits per heavy atom. The van der Waals surface area contributed by atoms with Gasteiger partial charge in [-0.05, 0) is 30.2 Å². The van der Waals surface area contributed by atoms with Crippen LogP contribution in [0.15, 0.2) is 36.5 Å². The van der Waals surface area contributed by atoms with Crippen LogP contribution in [0, 0.1) is 5.82 Å². The fourth-order valence-electron chi connectivity index (χ4n) is 2.48. The number of nitrogens with one attached hydrogen (secondary N) is 1. The van der Waals surface area contributed by atoms with Gasteiger partial charge >= 0.3 is 0 Å². The Balaban J connectivity index is 1.88. The molecule has 1 aliphatic rings. The lowest BCUT2D eigenvalue weighted by Gasteiger charge is -2.20. The van der Waals surface area contributed by atoms with Crippen molar-refractivity contribution in [2.45, 2.75) is 13.0 Å². The molecule has 1 aromatic carbocycles. The molecule has 4 nitrogen and oxygen atoms in total. The molecule has 0 saturated heterocycles. The molecule has 2 heterocycles. The van der Waals surface area contributed by atoms with Crippen LogP contribution in [0.2, 0.25) is 0 Å². The third kappa shape index (κ3) is 2.24. The molecule has 0 atom stereocenters. The van der Waals surface area contributed by atoms with Gasteiger partial charge in [0.1, 0.15) is 11.6 Å². The van der Waals surface area contributed by atoms with Gasteiger partial charge in [0.25, 0.3) is 0 Å². The van der Waals surface area contributed by atoms with E-state index in [0.717, 1.165) is 24.2 Å². The summed E-state index contributed by atoms with van der Waals surface area (Å²) < 4.78 is 13.3. The van der Waals surface area contributed by atoms with Crippen molar-refractivity contribution in [3.63, 3.8) is 0 Å². The molecule has 3 rings (SSSR count). The summed E-state index contributed by atoms with van der Waals surface area (Å²) >= 11 is 0. The highest BCUT2D eigenvalue weighted by atomic mass is 19.1. The molecular formula is C14H15FN4. The fourth-order valence-corrected chi connectivity index (χ4v) is 2.48. The number of rotatable bonds is 3. The van der Waals surface area contributed by atoms with Crippen molar-refractivity contribution in [2.75, 3.05) is 16.9 Å². The van der Waals surface area contributed by atoms with Gasteiger partial charge in [0.15, 0.2) is 0 Å². The van der Waals surface area contributed by atoms with Crippen LogP contribution in [0.4, 0.5) is 15.9 Å². The molecule has 0 radical (unpaired) electrons. The monoisotopic (exact) mass is 258 g/mol. The highest BCUT2D eigenvalue weighted by Gasteiger charge is 2.20. The first-order valence-corrected chi connectivity index (χ1v) is 6.22. The molecule has 1 aromatic heterocycles. The number of pyridine rings is 1. The summed E-state index contributed by atoms with van der Waals surface area (Å²) in [7, 11) is 0. The minimum absolute atomic E-state index is 0.200. The number of aromatic nitrogens is 1. The molecule has 1 aliphatic heterocycles. The van der Waals surface area contributed by atoms with Gasteiger partial charge in [-0.1, -0.05) is 12.1 Å². The lowest BCUT2D eigenvalue weighted by Crippen LogP contribution is -2.22. The van der Waals surface area contributed by atoms with Crippen molar-refractivity contribution in [3.8, 4) is 0 Å². The second kappa shape index (κ2) is 4.85. The molecule has 0 bridgehead atoms. The van der Waals surface area contributed by atoms with Crippen molar-refractivity contribution < 1.29 is 4.39 Å². The Morgan fingerprint density at radius 1 is 1.37 bits per heavy atom. The first-order valence-electron chi connectivity index (χ1n) is 6.22. The minimum atomic E-state index is -0.200. The maximum atomic E-state index is 13.3. The van der Waals surface area contributed by atoms with Crippen molar-refractivity contribution in [1.29, 1.82) is 0 Å². The zero-order valence-corrected chi connectivity index (χ0v) is 10.4. The number of hydrogen-bond acceptors (Lipinski definition) is 4. The number of fused-ring (bicyclic) bond motifs is 1. The maximum Gasteiger partial charge on any atom is 0.144 e. The van der Waals surface area contributed by atoms with Crippen molar-refractivity contribution in [3.05, 3.63) is 53.5 Å². The molecule has 0 unspecified atom stereocenters. The van der Waals surface area contributed by atoms with E-state index >= 15 is 0 Å². The second-order valence-corrected chi connectivity index (χ2v) is 4.60. The Bertz CT molecular complexity index is 600. The number of halogens is 1. The van der Waals surface area contributed by atoms with Crippen LogP contribution in [0.5, 0.6) is 0 Å². The van der Waals surface area contributed by atoms with Crippen LogP contribution in [0.3, 0.4) is 0 Å². The van der Waals surface area contributed by atoms with Gasteiger partial charge in [0, 0.05) is 30.5 Å². The Hall–Kier alpha value is -2.14. The summed E-state index contributed by atoms with van der Waals surface area (Å²) in [5.41, 5.74) is 5.75. The average Bonchev–Trinajstić information content (AvgIpc) is 2.82. The van der Waals surface area contributed by atoms with E-state index in [1.54, 1.807) is 12.3 Å². The molecule has 3 N–H and O–H groups in total. The zero-order valence-electron chi connectivity index (χ0n) is 10.4. The van der Waals surface area contributed by atoms with E-state index in [9.17, 15) is 4.39 Å². The summed E-state index contributed by atoms with van der Waals surface area (Å²) in [6.07, 6.45) is 2.64. The Labute approximate surface area is 111 Å². The topological polar surface area (TPSA) is 54.2 Å². The molecule has 5 heteroatoms. The maximum absolute atomic E-state index is 13.3. The Kier molecular flexibility index (Phi) is 3.05. The van der Waals surface area contributed by atoms with Crippen molar-refractivity contribution in [2.24, 2.45) is 5.84 Å². The first kappa shape index (κ1) is 11.9. The number of nitrogens with two attached hydrogens (primary N) is 1. The van der Waals surface area contributed by atoms with Gasteiger partial charge in [-0.15, -0.1) is 0 Å². The minimum Gasteiger partial charge on any atom is -0.366 e. The second-order valence-electron chi connectivity index (χ2n) is 4.60. The largest absolute Gasteiger partial charge is 0.366 e. The average molecular weight is 258 g/mol. The highest BCUT2D eigenvalue weighted by Crippen LogP contribution is 2.30. The van der Waals surface area contributed by atoms with Gasteiger partial charge < -0.3 is 10.3 Å². The van der Waals surface area contributed by atoms with Gasteiger partial charge in [-0.25, -0.2) is 15.2 Å². The number of nitrogen functional groups attached to an aromatic ring is 1. The number of hydrazine groups is 1. The predicted octanol–water partition coefficient (Wildman–Crippen LogP) is 2.07. The number of nitrogens with zero attached hydrogens (tertiary/aromatic N) is 2. The molecule has 0 fully saturated rings. The highest BCUT2D eigenvalue weighted by molar-refractivity contribution is 5.59. The standard InChI is InChI=1S/C14H15FN4/c15-12-4-3-10-5-7-19(13(10)8-12)9-11-2-1-6-17-14(11)18-16/h1-4,6,8H,5,7,9,16H2,(H,17,18). The molecule has 0 amide bonds. The molecule has 0 saturated carbocycles. The Morgan fingerprint density at radius 3 is 3.11 bits per heavy atom. The van der Waals surface area contributed by atoms with Gasteiger partial charge in [-0.2, -0.15) is 0 Å². The molecule has 0 spiro atoms. The quantitative estimate of drug-likeness (QED) is 0.653. The predicted molar refractivity (Wildman–Crippen MR) is 73.2 cm³/mol. The normalized spacial score (nSPS) is 13.5. The van der Waals surface area contributed by atoms with Crippen LogP contribution in [0.1, 0.15) is 11.1 Å². The number of hydrogen-bond donors (Lipinski definition) is 2. The van der Waals surface area contributed by atoms with E-state index in [4.69, 9.17) is 5.84 Å². The number of anilines is 2. The van der Waals surface area contributed by atoms with E-state index in [0.29, 0.717) is 12.4 Å². The van der Waals surface area contributed by atoms with Gasteiger partial charge in [0.05, 0.1) is 0 Å². The molecule has 98 valence electrons. The lowest BCUT2D eigenvalue weighted by molar-refractivity contribution is 0.627. The number of benzene rings is 1. The summed E-state index contributed by atoms with van der Waals surface area (Å²) in [4.78, 5) is 6.32. The smallest absolute Gasteiger partial charge is 0.144 e. The van der Waals surface area contributed by atoms with Crippen LogP contribution < -0.4 is 16.2 Å². The first-order chi connectivity index (χ1) is 9.28. The van der Waals surface area contributed by atoms with Gasteiger partial charge in [0.2, 0.25) is 0 Å². The summed E-state index contributed by atoms with van der Waals surface area (Å²) in [5, 5.41) is 0.